The zero-order valence-corrected chi connectivity index (χ0v) is 23.2. The first-order valence-corrected chi connectivity index (χ1v) is 12.7. The average molecular weight is 488 g/mol. The van der Waals surface area contributed by atoms with Crippen molar-refractivity contribution in [3.05, 3.63) is 34.9 Å². The first-order valence-electron chi connectivity index (χ1n) is 12.7. The van der Waals surface area contributed by atoms with E-state index >= 15 is 0 Å². The summed E-state index contributed by atoms with van der Waals surface area (Å²) in [4.78, 5) is 42.3. The van der Waals surface area contributed by atoms with Crippen molar-refractivity contribution < 1.29 is 19.1 Å². The van der Waals surface area contributed by atoms with Gasteiger partial charge in [-0.3, -0.25) is 9.59 Å². The monoisotopic (exact) mass is 487 g/mol. The molecule has 0 saturated heterocycles. The third kappa shape index (κ3) is 8.55. The van der Waals surface area contributed by atoms with Gasteiger partial charge in [0.05, 0.1) is 0 Å². The Bertz CT molecular complexity index is 903. The van der Waals surface area contributed by atoms with Crippen LogP contribution in [0.5, 0.6) is 0 Å². The Morgan fingerprint density at radius 3 is 2.00 bits per heavy atom. The lowest BCUT2D eigenvalue weighted by atomic mass is 9.92. The van der Waals surface area contributed by atoms with Crippen molar-refractivity contribution in [1.29, 1.82) is 0 Å². The zero-order valence-electron chi connectivity index (χ0n) is 23.2. The first kappa shape index (κ1) is 28.7. The van der Waals surface area contributed by atoms with Crippen molar-refractivity contribution in [3.63, 3.8) is 0 Å². The molecule has 196 valence electrons. The number of carbonyl (C=O) groups is 3. The molecular formula is C28H45N3O4. The van der Waals surface area contributed by atoms with E-state index in [1.807, 2.05) is 66.7 Å². The van der Waals surface area contributed by atoms with Crippen molar-refractivity contribution in [2.45, 2.75) is 118 Å². The van der Waals surface area contributed by atoms with E-state index in [1.165, 1.54) is 0 Å². The summed E-state index contributed by atoms with van der Waals surface area (Å²) in [6.07, 6.45) is 1.48. The maximum absolute atomic E-state index is 14.1. The maximum atomic E-state index is 14.1. The van der Waals surface area contributed by atoms with Crippen molar-refractivity contribution in [2.24, 2.45) is 5.92 Å². The molecule has 2 unspecified atom stereocenters. The summed E-state index contributed by atoms with van der Waals surface area (Å²) in [7, 11) is 0. The highest BCUT2D eigenvalue weighted by molar-refractivity contribution is 5.93. The van der Waals surface area contributed by atoms with Gasteiger partial charge in [0.25, 0.3) is 0 Å². The molecule has 1 aromatic rings. The van der Waals surface area contributed by atoms with E-state index in [-0.39, 0.29) is 23.8 Å². The van der Waals surface area contributed by atoms with Crippen LogP contribution in [0.4, 0.5) is 4.79 Å². The van der Waals surface area contributed by atoms with E-state index in [4.69, 9.17) is 4.74 Å². The molecule has 7 heteroatoms. The lowest BCUT2D eigenvalue weighted by molar-refractivity contribution is -0.144. The van der Waals surface area contributed by atoms with Crippen LogP contribution in [0.2, 0.25) is 0 Å². The van der Waals surface area contributed by atoms with Crippen molar-refractivity contribution >= 4 is 17.9 Å². The molecule has 0 bridgehead atoms. The fourth-order valence-corrected chi connectivity index (χ4v) is 4.29. The fourth-order valence-electron chi connectivity index (χ4n) is 4.29. The molecule has 0 aliphatic heterocycles. The summed E-state index contributed by atoms with van der Waals surface area (Å²) < 4.78 is 5.45. The zero-order chi connectivity index (χ0) is 26.7. The number of alkyl carbamates (subject to hydrolysis) is 1. The Balaban J connectivity index is 2.54. The minimum atomic E-state index is -0.792. The van der Waals surface area contributed by atoms with Crippen LogP contribution >= 0.6 is 0 Å². The van der Waals surface area contributed by atoms with Gasteiger partial charge in [0.1, 0.15) is 17.7 Å². The van der Waals surface area contributed by atoms with Crippen LogP contribution in [0.3, 0.4) is 0 Å². The predicted octanol–water partition coefficient (Wildman–Crippen LogP) is 5.19. The summed E-state index contributed by atoms with van der Waals surface area (Å²) in [6.45, 7) is 19.1. The molecule has 2 rings (SSSR count). The van der Waals surface area contributed by atoms with Gasteiger partial charge in [0.15, 0.2) is 0 Å². The predicted molar refractivity (Wildman–Crippen MR) is 139 cm³/mol. The van der Waals surface area contributed by atoms with Crippen LogP contribution in [-0.4, -0.2) is 46.0 Å². The largest absolute Gasteiger partial charge is 0.444 e. The number of benzene rings is 1. The van der Waals surface area contributed by atoms with Gasteiger partial charge in [-0.15, -0.1) is 0 Å². The highest BCUT2D eigenvalue weighted by Crippen LogP contribution is 2.38. The van der Waals surface area contributed by atoms with E-state index in [1.54, 1.807) is 25.7 Å². The highest BCUT2D eigenvalue weighted by Gasteiger charge is 2.45. The molecule has 2 N–H and O–H groups in total. The minimum Gasteiger partial charge on any atom is -0.444 e. The summed E-state index contributed by atoms with van der Waals surface area (Å²) in [5.41, 5.74) is 1.61. The van der Waals surface area contributed by atoms with E-state index in [0.717, 1.165) is 29.5 Å². The van der Waals surface area contributed by atoms with Gasteiger partial charge >= 0.3 is 6.09 Å². The second-order valence-electron chi connectivity index (χ2n) is 12.3. The molecule has 0 aromatic heterocycles. The number of aryl methyl sites for hydroxylation is 2. The Hall–Kier alpha value is -2.57. The third-order valence-corrected chi connectivity index (χ3v) is 5.73. The first-order chi connectivity index (χ1) is 16.0. The lowest BCUT2D eigenvalue weighted by Crippen LogP contribution is -2.55. The Kier molecular flexibility index (Phi) is 9.01. The number of rotatable bonds is 8. The Labute approximate surface area is 211 Å². The molecule has 35 heavy (non-hydrogen) atoms. The molecule has 1 aliphatic carbocycles. The van der Waals surface area contributed by atoms with Crippen molar-refractivity contribution in [2.75, 3.05) is 0 Å². The number of hydrogen-bond donors (Lipinski definition) is 2. The molecule has 1 aromatic carbocycles. The summed E-state index contributed by atoms with van der Waals surface area (Å²) >= 11 is 0. The third-order valence-electron chi connectivity index (χ3n) is 5.73. The SMILES string of the molecule is Cc1cccc(C)c1C(C(=O)NC(C)(C)C)N(C(=O)C(CC(C)C)NC(=O)OC(C)(C)C)C1CC1. The van der Waals surface area contributed by atoms with Crippen LogP contribution < -0.4 is 10.6 Å². The number of carbonyl (C=O) groups excluding carboxylic acids is 3. The molecule has 1 saturated carbocycles. The van der Waals surface area contributed by atoms with Gasteiger partial charge in [0, 0.05) is 11.6 Å². The maximum Gasteiger partial charge on any atom is 0.408 e. The molecule has 1 fully saturated rings. The van der Waals surface area contributed by atoms with Gasteiger partial charge in [0.2, 0.25) is 11.8 Å². The minimum absolute atomic E-state index is 0.0488. The van der Waals surface area contributed by atoms with E-state index in [0.29, 0.717) is 6.42 Å². The summed E-state index contributed by atoms with van der Waals surface area (Å²) in [6, 6.07) is 4.28. The number of hydrogen-bond acceptors (Lipinski definition) is 4. The highest BCUT2D eigenvalue weighted by atomic mass is 16.6. The normalized spacial score (nSPS) is 15.9. The standard InChI is InChI=1S/C28H45N3O4/c1-17(2)16-21(29-26(34)35-28(8,9)10)25(33)31(20-14-15-20)23(24(32)30-27(5,6)7)22-18(3)12-11-13-19(22)4/h11-13,17,20-21,23H,14-16H2,1-10H3,(H,29,34)(H,30,32). The van der Waals surface area contributed by atoms with Crippen molar-refractivity contribution in [1.82, 2.24) is 15.5 Å². The second-order valence-corrected chi connectivity index (χ2v) is 12.3. The average Bonchev–Trinajstić information content (AvgIpc) is 3.47. The van der Waals surface area contributed by atoms with E-state index < -0.39 is 29.3 Å². The lowest BCUT2D eigenvalue weighted by Gasteiger charge is -2.37. The Morgan fingerprint density at radius 2 is 1.57 bits per heavy atom. The summed E-state index contributed by atoms with van der Waals surface area (Å²) in [5, 5.41) is 5.90. The second kappa shape index (κ2) is 11.0. The molecule has 0 radical (unpaired) electrons. The topological polar surface area (TPSA) is 87.7 Å². The van der Waals surface area contributed by atoms with Crippen LogP contribution in [0.1, 0.15) is 97.4 Å². The number of nitrogens with zero attached hydrogens (tertiary/aromatic N) is 1. The molecule has 7 nitrogen and oxygen atoms in total. The molecule has 0 spiro atoms. The molecular weight excluding hydrogens is 442 g/mol. The fraction of sp³-hybridized carbons (Fsp3) is 0.679. The van der Waals surface area contributed by atoms with E-state index in [2.05, 4.69) is 10.6 Å². The number of amides is 3. The van der Waals surface area contributed by atoms with Gasteiger partial charge in [-0.05, 0) is 97.3 Å². The van der Waals surface area contributed by atoms with Crippen LogP contribution in [-0.2, 0) is 14.3 Å². The van der Waals surface area contributed by atoms with Gasteiger partial charge in [-0.25, -0.2) is 4.79 Å². The smallest absolute Gasteiger partial charge is 0.408 e. The van der Waals surface area contributed by atoms with Gasteiger partial charge in [-0.2, -0.15) is 0 Å². The van der Waals surface area contributed by atoms with Gasteiger partial charge in [-0.1, -0.05) is 32.0 Å². The van der Waals surface area contributed by atoms with Crippen LogP contribution in [0, 0.1) is 19.8 Å². The van der Waals surface area contributed by atoms with Crippen molar-refractivity contribution in [3.8, 4) is 0 Å². The molecule has 2 atom stereocenters. The number of ether oxygens (including phenoxy) is 1. The Morgan fingerprint density at radius 1 is 1.03 bits per heavy atom. The quantitative estimate of drug-likeness (QED) is 0.528. The summed E-state index contributed by atoms with van der Waals surface area (Å²) in [5.74, 6) is -0.304. The molecule has 1 aliphatic rings. The molecule has 0 heterocycles. The van der Waals surface area contributed by atoms with Crippen LogP contribution in [0.15, 0.2) is 18.2 Å². The van der Waals surface area contributed by atoms with Crippen LogP contribution in [0.25, 0.3) is 0 Å². The van der Waals surface area contributed by atoms with Gasteiger partial charge < -0.3 is 20.3 Å². The van der Waals surface area contributed by atoms with E-state index in [9.17, 15) is 14.4 Å². The molecule has 3 amide bonds. The number of nitrogens with one attached hydrogen (secondary N) is 2.